The molecule has 0 bridgehead atoms. The molecular weight excluding hydrogens is 408 g/mol. The van der Waals surface area contributed by atoms with E-state index in [1.54, 1.807) is 23.5 Å². The maximum Gasteiger partial charge on any atom is 0.272 e. The molecule has 5 heteroatoms. The number of rotatable bonds is 4. The molecule has 0 N–H and O–H groups in total. The third-order valence-corrected chi connectivity index (χ3v) is 7.46. The van der Waals surface area contributed by atoms with E-state index in [-0.39, 0.29) is 5.56 Å². The summed E-state index contributed by atoms with van der Waals surface area (Å²) in [6, 6.07) is 21.1. The summed E-state index contributed by atoms with van der Waals surface area (Å²) in [4.78, 5) is 19.2. The maximum absolute atomic E-state index is 13.4. The molecule has 1 aromatic heterocycles. The summed E-state index contributed by atoms with van der Waals surface area (Å²) in [6.07, 6.45) is 0.866. The van der Waals surface area contributed by atoms with Crippen molar-refractivity contribution in [3.8, 4) is 5.69 Å². The van der Waals surface area contributed by atoms with Gasteiger partial charge in [-0.25, -0.2) is 4.98 Å². The van der Waals surface area contributed by atoms with Crippen molar-refractivity contribution in [2.75, 3.05) is 5.75 Å². The second kappa shape index (κ2) is 7.97. The molecule has 2 heterocycles. The van der Waals surface area contributed by atoms with Crippen molar-refractivity contribution in [3.05, 3.63) is 93.4 Å². The van der Waals surface area contributed by atoms with Crippen molar-refractivity contribution in [3.63, 3.8) is 0 Å². The topological polar surface area (TPSA) is 34.9 Å². The summed E-state index contributed by atoms with van der Waals surface area (Å²) in [5, 5.41) is 3.27. The molecule has 150 valence electrons. The Morgan fingerprint density at radius 2 is 1.80 bits per heavy atom. The first-order valence-electron chi connectivity index (χ1n) is 10.1. The summed E-state index contributed by atoms with van der Waals surface area (Å²) in [5.41, 5.74) is 5.47. The van der Waals surface area contributed by atoms with Crippen LogP contribution in [0.25, 0.3) is 16.5 Å². The minimum Gasteiger partial charge on any atom is -0.268 e. The Labute approximate surface area is 184 Å². The first-order valence-corrected chi connectivity index (χ1v) is 12.0. The molecule has 0 saturated heterocycles. The van der Waals surface area contributed by atoms with Crippen LogP contribution in [0, 0.1) is 13.8 Å². The Bertz CT molecular complexity index is 1300. The highest BCUT2D eigenvalue weighted by atomic mass is 32.2. The van der Waals surface area contributed by atoms with Crippen LogP contribution in [0.2, 0.25) is 0 Å². The van der Waals surface area contributed by atoms with Crippen LogP contribution in [0.1, 0.15) is 22.4 Å². The van der Waals surface area contributed by atoms with Gasteiger partial charge in [-0.2, -0.15) is 0 Å². The van der Waals surface area contributed by atoms with Crippen molar-refractivity contribution in [2.24, 2.45) is 0 Å². The number of aryl methyl sites for hydroxylation is 3. The lowest BCUT2D eigenvalue weighted by Crippen LogP contribution is -2.24. The van der Waals surface area contributed by atoms with Gasteiger partial charge in [0.25, 0.3) is 5.56 Å². The zero-order valence-corrected chi connectivity index (χ0v) is 18.6. The van der Waals surface area contributed by atoms with Crippen molar-refractivity contribution in [2.45, 2.75) is 36.1 Å². The molecular formula is C25H22N2OS2. The summed E-state index contributed by atoms with van der Waals surface area (Å²) >= 11 is 3.28. The third-order valence-electron chi connectivity index (χ3n) is 5.37. The zero-order chi connectivity index (χ0) is 20.7. The molecule has 0 atom stereocenters. The van der Waals surface area contributed by atoms with E-state index >= 15 is 0 Å². The van der Waals surface area contributed by atoms with Crippen molar-refractivity contribution < 1.29 is 0 Å². The predicted octanol–water partition coefficient (Wildman–Crippen LogP) is 5.94. The molecule has 4 aromatic rings. The smallest absolute Gasteiger partial charge is 0.268 e. The average Bonchev–Trinajstić information content (AvgIpc) is 3.20. The van der Waals surface area contributed by atoms with Gasteiger partial charge in [0.05, 0.1) is 16.3 Å². The van der Waals surface area contributed by atoms with Crippen molar-refractivity contribution in [1.29, 1.82) is 0 Å². The molecule has 0 radical (unpaired) electrons. The number of hydrogen-bond donors (Lipinski definition) is 0. The number of thioether (sulfide) groups is 2. The van der Waals surface area contributed by atoms with Gasteiger partial charge in [-0.15, -0.1) is 11.8 Å². The fraction of sp³-hybridized carbons (Fsp3) is 0.200. The van der Waals surface area contributed by atoms with Crippen LogP contribution in [0.3, 0.4) is 0 Å². The quantitative estimate of drug-likeness (QED) is 0.296. The summed E-state index contributed by atoms with van der Waals surface area (Å²) in [6.45, 7) is 4.14. The van der Waals surface area contributed by atoms with E-state index in [9.17, 15) is 4.79 Å². The summed E-state index contributed by atoms with van der Waals surface area (Å²) < 4.78 is 1.81. The van der Waals surface area contributed by atoms with Gasteiger partial charge in [-0.1, -0.05) is 60.3 Å². The maximum atomic E-state index is 13.4. The fourth-order valence-corrected chi connectivity index (χ4v) is 6.11. The van der Waals surface area contributed by atoms with Crippen LogP contribution in [0.4, 0.5) is 0 Å². The molecule has 30 heavy (non-hydrogen) atoms. The SMILES string of the molecule is Cc1cc(C)cc(-n2c(SCc3cccc4ccccc34)nc3c(c2=O)SCC3)c1. The molecule has 0 fully saturated rings. The van der Waals surface area contributed by atoms with Gasteiger partial charge < -0.3 is 0 Å². The highest BCUT2D eigenvalue weighted by Gasteiger charge is 2.23. The Kier molecular flexibility index (Phi) is 5.17. The highest BCUT2D eigenvalue weighted by molar-refractivity contribution is 7.99. The molecule has 0 unspecified atom stereocenters. The molecule has 3 aromatic carbocycles. The van der Waals surface area contributed by atoms with Gasteiger partial charge >= 0.3 is 0 Å². The Balaban J connectivity index is 1.61. The van der Waals surface area contributed by atoms with Gasteiger partial charge in [0.1, 0.15) is 0 Å². The number of fused-ring (bicyclic) bond motifs is 2. The minimum atomic E-state index is 0.0629. The third kappa shape index (κ3) is 3.57. The Hall–Kier alpha value is -2.50. The molecule has 1 aliphatic heterocycles. The van der Waals surface area contributed by atoms with E-state index in [4.69, 9.17) is 4.98 Å². The van der Waals surface area contributed by atoms with Crippen LogP contribution in [0.5, 0.6) is 0 Å². The van der Waals surface area contributed by atoms with Crippen molar-refractivity contribution >= 4 is 34.3 Å². The fourth-order valence-electron chi connectivity index (χ4n) is 4.06. The second-order valence-corrected chi connectivity index (χ2v) is 9.73. The Morgan fingerprint density at radius 3 is 2.63 bits per heavy atom. The molecule has 3 nitrogen and oxygen atoms in total. The van der Waals surface area contributed by atoms with Gasteiger partial charge in [0.15, 0.2) is 5.16 Å². The van der Waals surface area contributed by atoms with Crippen LogP contribution in [0.15, 0.2) is 75.5 Å². The standard InChI is InChI=1S/C25H22N2OS2/c1-16-12-17(2)14-20(13-16)27-24(28)23-22(10-11-29-23)26-25(27)30-15-19-8-5-7-18-6-3-4-9-21(18)19/h3-9,12-14H,10-11,15H2,1-2H3. The van der Waals surface area contributed by atoms with E-state index in [0.29, 0.717) is 0 Å². The number of benzene rings is 3. The van der Waals surface area contributed by atoms with Gasteiger partial charge in [-0.05, 0) is 53.4 Å². The Morgan fingerprint density at radius 1 is 1.03 bits per heavy atom. The zero-order valence-electron chi connectivity index (χ0n) is 17.0. The predicted molar refractivity (Wildman–Crippen MR) is 127 cm³/mol. The molecule has 1 aliphatic rings. The highest BCUT2D eigenvalue weighted by Crippen LogP contribution is 2.32. The van der Waals surface area contributed by atoms with Crippen LogP contribution < -0.4 is 5.56 Å². The van der Waals surface area contributed by atoms with Crippen LogP contribution in [-0.4, -0.2) is 15.3 Å². The number of nitrogens with zero attached hydrogens (tertiary/aromatic N) is 2. The minimum absolute atomic E-state index is 0.0629. The van der Waals surface area contributed by atoms with Gasteiger partial charge in [-0.3, -0.25) is 9.36 Å². The molecule has 0 spiro atoms. The monoisotopic (exact) mass is 430 g/mol. The normalized spacial score (nSPS) is 13.0. The summed E-state index contributed by atoms with van der Waals surface area (Å²) in [7, 11) is 0. The number of hydrogen-bond acceptors (Lipinski definition) is 4. The lowest BCUT2D eigenvalue weighted by Gasteiger charge is -2.15. The average molecular weight is 431 g/mol. The molecule has 0 aliphatic carbocycles. The lowest BCUT2D eigenvalue weighted by atomic mass is 10.1. The molecule has 0 amide bonds. The first kappa shape index (κ1) is 19.5. The van der Waals surface area contributed by atoms with E-state index in [2.05, 4.69) is 74.5 Å². The van der Waals surface area contributed by atoms with Gasteiger partial charge in [0, 0.05) is 17.9 Å². The van der Waals surface area contributed by atoms with Crippen molar-refractivity contribution in [1.82, 2.24) is 9.55 Å². The number of aromatic nitrogens is 2. The molecule has 5 rings (SSSR count). The molecule has 0 saturated carbocycles. The van der Waals surface area contributed by atoms with E-state index < -0.39 is 0 Å². The van der Waals surface area contributed by atoms with Crippen LogP contribution in [-0.2, 0) is 12.2 Å². The summed E-state index contributed by atoms with van der Waals surface area (Å²) in [5.74, 6) is 1.70. The van der Waals surface area contributed by atoms with E-state index in [1.165, 1.54) is 16.3 Å². The van der Waals surface area contributed by atoms with E-state index in [0.717, 1.165) is 50.5 Å². The lowest BCUT2D eigenvalue weighted by molar-refractivity contribution is 0.738. The van der Waals surface area contributed by atoms with Crippen LogP contribution >= 0.6 is 23.5 Å². The van der Waals surface area contributed by atoms with Gasteiger partial charge in [0.2, 0.25) is 0 Å². The van der Waals surface area contributed by atoms with E-state index in [1.807, 2.05) is 4.57 Å². The largest absolute Gasteiger partial charge is 0.272 e. The first-order chi connectivity index (χ1) is 14.6. The second-order valence-electron chi connectivity index (χ2n) is 7.68.